The summed E-state index contributed by atoms with van der Waals surface area (Å²) in [6.45, 7) is 0.0956. The van der Waals surface area contributed by atoms with Gasteiger partial charge in [-0.15, -0.1) is 0 Å². The van der Waals surface area contributed by atoms with Gasteiger partial charge < -0.3 is 21.3 Å². The first-order valence-electron chi connectivity index (χ1n) is 5.71. The summed E-state index contributed by atoms with van der Waals surface area (Å²) in [6.07, 6.45) is 1.46. The lowest BCUT2D eigenvalue weighted by Crippen LogP contribution is -2.28. The molecule has 0 aliphatic heterocycles. The Morgan fingerprint density at radius 2 is 1.95 bits per heavy atom. The minimum absolute atomic E-state index is 0.0310. The second-order valence-corrected chi connectivity index (χ2v) is 3.93. The molecule has 0 saturated carbocycles. The number of hydrogen-bond acceptors (Lipinski definition) is 4. The van der Waals surface area contributed by atoms with E-state index in [1.807, 2.05) is 0 Å². The SMILES string of the molecule is Nc1ccc(/C=C/C(=O)NCCC(O)C(=O)O)cc1. The van der Waals surface area contributed by atoms with E-state index in [-0.39, 0.29) is 18.9 Å². The van der Waals surface area contributed by atoms with Gasteiger partial charge in [0.1, 0.15) is 0 Å². The van der Waals surface area contributed by atoms with Crippen LogP contribution in [-0.2, 0) is 9.59 Å². The molecule has 0 aromatic heterocycles. The Bertz CT molecular complexity index is 468. The molecule has 6 heteroatoms. The van der Waals surface area contributed by atoms with Gasteiger partial charge in [0.05, 0.1) is 0 Å². The molecule has 102 valence electrons. The van der Waals surface area contributed by atoms with Crippen molar-refractivity contribution in [2.75, 3.05) is 12.3 Å². The van der Waals surface area contributed by atoms with Crippen molar-refractivity contribution in [1.82, 2.24) is 5.32 Å². The van der Waals surface area contributed by atoms with Crippen LogP contribution in [0.25, 0.3) is 6.08 Å². The van der Waals surface area contributed by atoms with E-state index in [2.05, 4.69) is 5.32 Å². The number of nitrogen functional groups attached to an aromatic ring is 1. The van der Waals surface area contributed by atoms with Crippen molar-refractivity contribution < 1.29 is 19.8 Å². The van der Waals surface area contributed by atoms with Gasteiger partial charge in [-0.25, -0.2) is 4.79 Å². The number of aliphatic hydroxyl groups excluding tert-OH is 1. The molecular weight excluding hydrogens is 248 g/mol. The van der Waals surface area contributed by atoms with E-state index in [9.17, 15) is 9.59 Å². The quantitative estimate of drug-likeness (QED) is 0.434. The van der Waals surface area contributed by atoms with Crippen molar-refractivity contribution in [3.63, 3.8) is 0 Å². The Morgan fingerprint density at radius 3 is 2.53 bits per heavy atom. The van der Waals surface area contributed by atoms with E-state index < -0.39 is 12.1 Å². The fraction of sp³-hybridized carbons (Fsp3) is 0.231. The minimum Gasteiger partial charge on any atom is -0.479 e. The summed E-state index contributed by atoms with van der Waals surface area (Å²) in [5.74, 6) is -1.65. The molecule has 0 aliphatic carbocycles. The number of nitrogens with two attached hydrogens (primary N) is 1. The second kappa shape index (κ2) is 7.17. The number of anilines is 1. The molecule has 5 N–H and O–H groups in total. The number of hydrogen-bond donors (Lipinski definition) is 4. The van der Waals surface area contributed by atoms with Gasteiger partial charge in [0, 0.05) is 24.7 Å². The number of amides is 1. The molecule has 1 aromatic rings. The first-order chi connectivity index (χ1) is 8.99. The van der Waals surface area contributed by atoms with Gasteiger partial charge in [-0.2, -0.15) is 0 Å². The molecule has 1 atom stereocenters. The summed E-state index contributed by atoms with van der Waals surface area (Å²) in [5, 5.41) is 19.9. The van der Waals surface area contributed by atoms with Crippen molar-refractivity contribution in [3.05, 3.63) is 35.9 Å². The van der Waals surface area contributed by atoms with E-state index in [0.717, 1.165) is 5.56 Å². The molecule has 19 heavy (non-hydrogen) atoms. The Morgan fingerprint density at radius 1 is 1.32 bits per heavy atom. The van der Waals surface area contributed by atoms with Crippen LogP contribution in [0.3, 0.4) is 0 Å². The van der Waals surface area contributed by atoms with Crippen LogP contribution in [0.15, 0.2) is 30.3 Å². The van der Waals surface area contributed by atoms with Crippen molar-refractivity contribution in [1.29, 1.82) is 0 Å². The highest BCUT2D eigenvalue weighted by molar-refractivity contribution is 5.91. The number of aliphatic carboxylic acids is 1. The van der Waals surface area contributed by atoms with E-state index in [4.69, 9.17) is 15.9 Å². The molecule has 0 bridgehead atoms. The van der Waals surface area contributed by atoms with E-state index >= 15 is 0 Å². The standard InChI is InChI=1S/C13H16N2O4/c14-10-4-1-9(2-5-10)3-6-12(17)15-8-7-11(16)13(18)19/h1-6,11,16H,7-8,14H2,(H,15,17)(H,18,19)/b6-3+. The highest BCUT2D eigenvalue weighted by atomic mass is 16.4. The number of nitrogens with one attached hydrogen (secondary N) is 1. The van der Waals surface area contributed by atoms with Gasteiger partial charge in [-0.05, 0) is 23.8 Å². The molecule has 0 fully saturated rings. The van der Waals surface area contributed by atoms with E-state index in [1.165, 1.54) is 6.08 Å². The van der Waals surface area contributed by atoms with Crippen molar-refractivity contribution in [2.45, 2.75) is 12.5 Å². The Balaban J connectivity index is 2.35. The zero-order chi connectivity index (χ0) is 14.3. The molecule has 1 aromatic carbocycles. The van der Waals surface area contributed by atoms with Gasteiger partial charge in [0.2, 0.25) is 5.91 Å². The Hall–Kier alpha value is -2.34. The van der Waals surface area contributed by atoms with Gasteiger partial charge in [-0.1, -0.05) is 12.1 Å². The Kier molecular flexibility index (Phi) is 5.56. The van der Waals surface area contributed by atoms with E-state index in [0.29, 0.717) is 5.69 Å². The monoisotopic (exact) mass is 264 g/mol. The third-order valence-corrected chi connectivity index (χ3v) is 2.37. The van der Waals surface area contributed by atoms with Crippen LogP contribution < -0.4 is 11.1 Å². The van der Waals surface area contributed by atoms with Gasteiger partial charge in [-0.3, -0.25) is 4.79 Å². The highest BCUT2D eigenvalue weighted by Crippen LogP contribution is 2.06. The first kappa shape index (κ1) is 14.7. The summed E-state index contributed by atoms with van der Waals surface area (Å²) in [7, 11) is 0. The first-order valence-corrected chi connectivity index (χ1v) is 5.71. The van der Waals surface area contributed by atoms with Crippen LogP contribution >= 0.6 is 0 Å². The fourth-order valence-corrected chi connectivity index (χ4v) is 1.29. The summed E-state index contributed by atoms with van der Waals surface area (Å²) < 4.78 is 0. The molecule has 0 saturated heterocycles. The van der Waals surface area contributed by atoms with Gasteiger partial charge in [0.15, 0.2) is 6.10 Å². The average Bonchev–Trinajstić information content (AvgIpc) is 2.37. The van der Waals surface area contributed by atoms with Crippen LogP contribution in [0.1, 0.15) is 12.0 Å². The van der Waals surface area contributed by atoms with Crippen LogP contribution in [0.5, 0.6) is 0 Å². The lowest BCUT2D eigenvalue weighted by atomic mass is 10.2. The largest absolute Gasteiger partial charge is 0.479 e. The van der Waals surface area contributed by atoms with Crippen LogP contribution in [-0.4, -0.2) is 34.7 Å². The molecule has 0 aliphatic rings. The lowest BCUT2D eigenvalue weighted by molar-refractivity contribution is -0.147. The number of aliphatic hydroxyl groups is 1. The normalized spacial score (nSPS) is 12.3. The van der Waals surface area contributed by atoms with Gasteiger partial charge >= 0.3 is 5.97 Å². The van der Waals surface area contributed by atoms with E-state index in [1.54, 1.807) is 30.3 Å². The number of carboxylic acid groups (broad SMARTS) is 1. The summed E-state index contributed by atoms with van der Waals surface area (Å²) in [6, 6.07) is 6.99. The number of rotatable bonds is 6. The van der Waals surface area contributed by atoms with Crippen LogP contribution in [0, 0.1) is 0 Å². The molecule has 0 radical (unpaired) electrons. The van der Waals surface area contributed by atoms with Crippen molar-refractivity contribution in [3.8, 4) is 0 Å². The smallest absolute Gasteiger partial charge is 0.332 e. The van der Waals surface area contributed by atoms with Crippen LogP contribution in [0.2, 0.25) is 0 Å². The third-order valence-electron chi connectivity index (χ3n) is 2.37. The van der Waals surface area contributed by atoms with Crippen molar-refractivity contribution >= 4 is 23.6 Å². The highest BCUT2D eigenvalue weighted by Gasteiger charge is 2.12. The maximum atomic E-state index is 11.4. The fourth-order valence-electron chi connectivity index (χ4n) is 1.29. The molecule has 1 amide bonds. The molecule has 0 heterocycles. The molecule has 0 spiro atoms. The number of carbonyl (C=O) groups is 2. The topological polar surface area (TPSA) is 113 Å². The van der Waals surface area contributed by atoms with Crippen molar-refractivity contribution in [2.24, 2.45) is 0 Å². The van der Waals surface area contributed by atoms with Gasteiger partial charge in [0.25, 0.3) is 0 Å². The summed E-state index contributed by atoms with van der Waals surface area (Å²) in [5.41, 5.74) is 7.00. The third kappa shape index (κ3) is 5.69. The average molecular weight is 264 g/mol. The maximum Gasteiger partial charge on any atom is 0.332 e. The van der Waals surface area contributed by atoms with Crippen LogP contribution in [0.4, 0.5) is 5.69 Å². The lowest BCUT2D eigenvalue weighted by Gasteiger charge is -2.05. The zero-order valence-corrected chi connectivity index (χ0v) is 10.2. The number of carbonyl (C=O) groups excluding carboxylic acids is 1. The zero-order valence-electron chi connectivity index (χ0n) is 10.2. The maximum absolute atomic E-state index is 11.4. The Labute approximate surface area is 110 Å². The predicted octanol–water partition coefficient (Wildman–Crippen LogP) is 0.234. The number of carboxylic acids is 1. The predicted molar refractivity (Wildman–Crippen MR) is 71.2 cm³/mol. The summed E-state index contributed by atoms with van der Waals surface area (Å²) in [4.78, 5) is 21.7. The molecule has 1 unspecified atom stereocenters. The molecular formula is C13H16N2O4. The minimum atomic E-state index is -1.46. The number of benzene rings is 1. The molecule has 6 nitrogen and oxygen atoms in total. The molecule has 1 rings (SSSR count). The second-order valence-electron chi connectivity index (χ2n) is 3.93. The summed E-state index contributed by atoms with van der Waals surface area (Å²) >= 11 is 0.